The Labute approximate surface area is 103 Å². The molecule has 1 unspecified atom stereocenters. The molecule has 0 radical (unpaired) electrons. The average molecular weight is 236 g/mol. The van der Waals surface area contributed by atoms with E-state index in [0.29, 0.717) is 18.8 Å². The van der Waals surface area contributed by atoms with Gasteiger partial charge < -0.3 is 9.47 Å². The van der Waals surface area contributed by atoms with E-state index in [1.807, 2.05) is 39.0 Å². The summed E-state index contributed by atoms with van der Waals surface area (Å²) in [5.74, 6) is 0.418. The Hall–Kier alpha value is -1.51. The van der Waals surface area contributed by atoms with Crippen molar-refractivity contribution in [2.75, 3.05) is 6.61 Å². The van der Waals surface area contributed by atoms with Crippen molar-refractivity contribution in [3.8, 4) is 5.75 Å². The molecule has 1 aromatic rings. The van der Waals surface area contributed by atoms with Gasteiger partial charge in [-0.15, -0.1) is 0 Å². The quantitative estimate of drug-likeness (QED) is 0.737. The van der Waals surface area contributed by atoms with E-state index in [-0.39, 0.29) is 5.97 Å². The molecule has 0 fully saturated rings. The summed E-state index contributed by atoms with van der Waals surface area (Å²) in [5.41, 5.74) is 2.36. The predicted octanol–water partition coefficient (Wildman–Crippen LogP) is 3.02. The van der Waals surface area contributed by atoms with Crippen LogP contribution in [-0.4, -0.2) is 18.7 Å². The van der Waals surface area contributed by atoms with Crippen molar-refractivity contribution in [1.82, 2.24) is 0 Å². The van der Waals surface area contributed by atoms with Gasteiger partial charge in [-0.1, -0.05) is 13.0 Å². The third-order valence-corrected chi connectivity index (χ3v) is 2.68. The zero-order valence-corrected chi connectivity index (χ0v) is 10.9. The van der Waals surface area contributed by atoms with Gasteiger partial charge in [0.1, 0.15) is 5.75 Å². The number of carbonyl (C=O) groups is 1. The number of ether oxygens (including phenoxy) is 2. The van der Waals surface area contributed by atoms with Crippen molar-refractivity contribution in [2.24, 2.45) is 0 Å². The van der Waals surface area contributed by atoms with Crippen molar-refractivity contribution in [2.45, 2.75) is 40.2 Å². The lowest BCUT2D eigenvalue weighted by molar-refractivity contribution is -0.151. The average Bonchev–Trinajstić information content (AvgIpc) is 2.30. The Bertz CT molecular complexity index is 385. The smallest absolute Gasteiger partial charge is 0.347 e. The van der Waals surface area contributed by atoms with Crippen molar-refractivity contribution >= 4 is 5.97 Å². The summed E-state index contributed by atoms with van der Waals surface area (Å²) in [6.45, 7) is 8.14. The molecule has 94 valence electrons. The highest BCUT2D eigenvalue weighted by molar-refractivity contribution is 5.75. The van der Waals surface area contributed by atoms with Crippen LogP contribution >= 0.6 is 0 Å². The first kappa shape index (κ1) is 13.6. The molecule has 1 aromatic carbocycles. The second-order valence-electron chi connectivity index (χ2n) is 4.01. The fourth-order valence-corrected chi connectivity index (χ4v) is 1.48. The summed E-state index contributed by atoms with van der Waals surface area (Å²) in [6, 6.07) is 5.81. The molecule has 0 N–H and O–H groups in total. The number of esters is 1. The van der Waals surface area contributed by atoms with Crippen LogP contribution in [0.3, 0.4) is 0 Å². The van der Waals surface area contributed by atoms with E-state index < -0.39 is 6.10 Å². The van der Waals surface area contributed by atoms with Crippen LogP contribution < -0.4 is 4.74 Å². The van der Waals surface area contributed by atoms with Gasteiger partial charge in [0.25, 0.3) is 0 Å². The van der Waals surface area contributed by atoms with Crippen LogP contribution in [0.4, 0.5) is 0 Å². The molecule has 0 bridgehead atoms. The van der Waals surface area contributed by atoms with Crippen molar-refractivity contribution in [3.63, 3.8) is 0 Å². The number of benzene rings is 1. The minimum absolute atomic E-state index is 0.298. The third-order valence-electron chi connectivity index (χ3n) is 2.68. The molecule has 0 heterocycles. The van der Waals surface area contributed by atoms with Crippen LogP contribution in [0.5, 0.6) is 5.75 Å². The van der Waals surface area contributed by atoms with E-state index in [0.717, 1.165) is 5.56 Å². The minimum Gasteiger partial charge on any atom is -0.479 e. The first-order valence-corrected chi connectivity index (χ1v) is 5.99. The number of aryl methyl sites for hydroxylation is 2. The van der Waals surface area contributed by atoms with Gasteiger partial charge >= 0.3 is 5.97 Å². The number of carbonyl (C=O) groups excluding carboxylic acids is 1. The summed E-state index contributed by atoms with van der Waals surface area (Å²) in [4.78, 5) is 11.6. The van der Waals surface area contributed by atoms with Gasteiger partial charge in [-0.05, 0) is 50.5 Å². The first-order chi connectivity index (χ1) is 8.08. The third kappa shape index (κ3) is 3.77. The second-order valence-corrected chi connectivity index (χ2v) is 4.01. The molecular formula is C14H20O3. The fourth-order valence-electron chi connectivity index (χ4n) is 1.48. The highest BCUT2D eigenvalue weighted by Crippen LogP contribution is 2.18. The normalized spacial score (nSPS) is 12.0. The summed E-state index contributed by atoms with van der Waals surface area (Å²) in [5, 5.41) is 0. The predicted molar refractivity (Wildman–Crippen MR) is 67.3 cm³/mol. The molecule has 1 atom stereocenters. The van der Waals surface area contributed by atoms with Gasteiger partial charge in [0.05, 0.1) is 6.61 Å². The summed E-state index contributed by atoms with van der Waals surface area (Å²) >= 11 is 0. The molecule has 3 heteroatoms. The number of hydrogen-bond donors (Lipinski definition) is 0. The summed E-state index contributed by atoms with van der Waals surface area (Å²) in [7, 11) is 0. The summed E-state index contributed by atoms with van der Waals surface area (Å²) in [6.07, 6.45) is 0.0863. The molecule has 0 aliphatic rings. The Balaban J connectivity index is 2.73. The Morgan fingerprint density at radius 3 is 2.47 bits per heavy atom. The monoisotopic (exact) mass is 236 g/mol. The van der Waals surface area contributed by atoms with Crippen LogP contribution in [0.1, 0.15) is 31.4 Å². The molecule has 0 saturated heterocycles. The molecular weight excluding hydrogens is 216 g/mol. The highest BCUT2D eigenvalue weighted by Gasteiger charge is 2.19. The van der Waals surface area contributed by atoms with Gasteiger partial charge in [0.15, 0.2) is 6.10 Å². The Kier molecular flexibility index (Phi) is 5.01. The second kappa shape index (κ2) is 6.28. The molecule has 0 aliphatic heterocycles. The standard InChI is InChI=1S/C14H20O3/c1-5-13(14(15)16-6-2)17-12-8-7-10(3)11(4)9-12/h7-9,13H,5-6H2,1-4H3. The number of hydrogen-bond acceptors (Lipinski definition) is 3. The molecule has 0 spiro atoms. The van der Waals surface area contributed by atoms with Crippen LogP contribution in [0.2, 0.25) is 0 Å². The van der Waals surface area contributed by atoms with Crippen LogP contribution in [-0.2, 0) is 9.53 Å². The lowest BCUT2D eigenvalue weighted by Gasteiger charge is -2.16. The van der Waals surface area contributed by atoms with E-state index in [9.17, 15) is 4.79 Å². The lowest BCUT2D eigenvalue weighted by atomic mass is 10.1. The Morgan fingerprint density at radius 2 is 1.94 bits per heavy atom. The van der Waals surface area contributed by atoms with Gasteiger partial charge in [-0.2, -0.15) is 0 Å². The lowest BCUT2D eigenvalue weighted by Crippen LogP contribution is -2.28. The Morgan fingerprint density at radius 1 is 1.24 bits per heavy atom. The van der Waals surface area contributed by atoms with Gasteiger partial charge in [-0.25, -0.2) is 4.79 Å². The maximum atomic E-state index is 11.6. The van der Waals surface area contributed by atoms with Crippen LogP contribution in [0, 0.1) is 13.8 Å². The molecule has 0 amide bonds. The number of rotatable bonds is 5. The van der Waals surface area contributed by atoms with Gasteiger partial charge in [-0.3, -0.25) is 0 Å². The van der Waals surface area contributed by atoms with E-state index in [4.69, 9.17) is 9.47 Å². The maximum Gasteiger partial charge on any atom is 0.347 e. The van der Waals surface area contributed by atoms with E-state index >= 15 is 0 Å². The largest absolute Gasteiger partial charge is 0.479 e. The molecule has 17 heavy (non-hydrogen) atoms. The zero-order chi connectivity index (χ0) is 12.8. The van der Waals surface area contributed by atoms with E-state index in [1.165, 1.54) is 5.56 Å². The molecule has 1 rings (SSSR count). The minimum atomic E-state index is -0.517. The van der Waals surface area contributed by atoms with E-state index in [2.05, 4.69) is 0 Å². The zero-order valence-electron chi connectivity index (χ0n) is 10.9. The van der Waals surface area contributed by atoms with Crippen LogP contribution in [0.25, 0.3) is 0 Å². The fraction of sp³-hybridized carbons (Fsp3) is 0.500. The van der Waals surface area contributed by atoms with Crippen LogP contribution in [0.15, 0.2) is 18.2 Å². The molecule has 0 saturated carbocycles. The van der Waals surface area contributed by atoms with Gasteiger partial charge in [0.2, 0.25) is 0 Å². The molecule has 0 aliphatic carbocycles. The molecule has 3 nitrogen and oxygen atoms in total. The van der Waals surface area contributed by atoms with Crippen molar-refractivity contribution in [3.05, 3.63) is 29.3 Å². The van der Waals surface area contributed by atoms with Crippen molar-refractivity contribution < 1.29 is 14.3 Å². The molecule has 0 aromatic heterocycles. The maximum absolute atomic E-state index is 11.6. The van der Waals surface area contributed by atoms with E-state index in [1.54, 1.807) is 6.92 Å². The topological polar surface area (TPSA) is 35.5 Å². The summed E-state index contributed by atoms with van der Waals surface area (Å²) < 4.78 is 10.6. The highest BCUT2D eigenvalue weighted by atomic mass is 16.6. The van der Waals surface area contributed by atoms with Crippen molar-refractivity contribution in [1.29, 1.82) is 0 Å². The SMILES string of the molecule is CCOC(=O)C(CC)Oc1ccc(C)c(C)c1. The first-order valence-electron chi connectivity index (χ1n) is 5.99. The van der Waals surface area contributed by atoms with Gasteiger partial charge in [0, 0.05) is 0 Å².